The molecule has 190 valence electrons. The van der Waals surface area contributed by atoms with Crippen molar-refractivity contribution in [3.05, 3.63) is 40.9 Å². The van der Waals surface area contributed by atoms with Crippen LogP contribution in [0.5, 0.6) is 0 Å². The van der Waals surface area contributed by atoms with Crippen molar-refractivity contribution in [2.45, 2.75) is 45.6 Å². The number of benzene rings is 1. The molecule has 0 radical (unpaired) electrons. The maximum atomic E-state index is 15.5. The maximum absolute atomic E-state index is 15.5. The van der Waals surface area contributed by atoms with Gasteiger partial charge in [0.25, 0.3) is 0 Å². The standard InChI is InChI=1S/C24H32BF2N3O3S2/c1-23(2)24(3,4)33-25(32-23)18-9-8-16(20(26)21(18)27)17-12-29-30(15-31-10-11-35(5,6)7)22(17)19-13-34-14-28-19/h8-9,12-14H,10-11,15H2,1-7H3. The smallest absolute Gasteiger partial charge is 0.399 e. The summed E-state index contributed by atoms with van der Waals surface area (Å²) in [7, 11) is -1.68. The summed E-state index contributed by atoms with van der Waals surface area (Å²) < 4.78 is 50.2. The van der Waals surface area contributed by atoms with Crippen molar-refractivity contribution in [3.63, 3.8) is 0 Å². The van der Waals surface area contributed by atoms with Gasteiger partial charge < -0.3 is 14.0 Å². The lowest BCUT2D eigenvalue weighted by Gasteiger charge is -2.32. The molecular weight excluding hydrogens is 491 g/mol. The van der Waals surface area contributed by atoms with E-state index >= 15 is 8.78 Å². The first kappa shape index (κ1) is 26.3. The van der Waals surface area contributed by atoms with E-state index in [9.17, 15) is 0 Å². The second-order valence-electron chi connectivity index (χ2n) is 10.5. The molecule has 0 unspecified atom stereocenters. The predicted octanol–water partition coefficient (Wildman–Crippen LogP) is 4.92. The average molecular weight is 523 g/mol. The van der Waals surface area contributed by atoms with Crippen molar-refractivity contribution >= 4 is 33.9 Å². The molecule has 0 saturated carbocycles. The predicted molar refractivity (Wildman–Crippen MR) is 141 cm³/mol. The minimum absolute atomic E-state index is 0.0283. The Morgan fingerprint density at radius 2 is 1.74 bits per heavy atom. The summed E-state index contributed by atoms with van der Waals surface area (Å²) in [5.74, 6) is -1.01. The highest BCUT2D eigenvalue weighted by molar-refractivity contribution is 8.32. The van der Waals surface area contributed by atoms with Crippen molar-refractivity contribution in [1.82, 2.24) is 14.8 Å². The molecule has 1 aliphatic rings. The SMILES string of the molecule is CC1(C)OB(c2ccc(-c3cnn(COCCS(C)(C)C)c3-c3cscn3)c(F)c2F)OC1(C)C. The lowest BCUT2D eigenvalue weighted by Crippen LogP contribution is -2.41. The minimum Gasteiger partial charge on any atom is -0.399 e. The third-order valence-corrected chi connectivity index (χ3v) is 8.46. The molecule has 1 aromatic carbocycles. The molecule has 1 aliphatic heterocycles. The van der Waals surface area contributed by atoms with Crippen molar-refractivity contribution in [3.8, 4) is 22.5 Å². The number of hydrogen-bond acceptors (Lipinski definition) is 6. The van der Waals surface area contributed by atoms with E-state index in [1.54, 1.807) is 16.3 Å². The summed E-state index contributed by atoms with van der Waals surface area (Å²) in [4.78, 5) is 4.39. The zero-order chi connectivity index (χ0) is 25.6. The first-order chi connectivity index (χ1) is 16.3. The zero-order valence-electron chi connectivity index (χ0n) is 21.2. The fourth-order valence-corrected chi connectivity index (χ4v) is 4.82. The largest absolute Gasteiger partial charge is 0.497 e. The quantitative estimate of drug-likeness (QED) is 0.310. The number of hydrogen-bond donors (Lipinski definition) is 0. The van der Waals surface area contributed by atoms with Gasteiger partial charge >= 0.3 is 7.12 Å². The highest BCUT2D eigenvalue weighted by Gasteiger charge is 2.52. The molecule has 3 heterocycles. The molecule has 3 aromatic rings. The van der Waals surface area contributed by atoms with E-state index in [2.05, 4.69) is 28.8 Å². The van der Waals surface area contributed by atoms with Gasteiger partial charge in [-0.25, -0.2) is 28.5 Å². The number of nitrogens with zero attached hydrogens (tertiary/aromatic N) is 3. The number of ether oxygens (including phenoxy) is 1. The van der Waals surface area contributed by atoms with Crippen LogP contribution in [0.25, 0.3) is 22.5 Å². The fraction of sp³-hybridized carbons (Fsp3) is 0.500. The maximum Gasteiger partial charge on any atom is 0.497 e. The third-order valence-electron chi connectivity index (χ3n) is 6.48. The van der Waals surface area contributed by atoms with Crippen molar-refractivity contribution < 1.29 is 22.8 Å². The molecule has 35 heavy (non-hydrogen) atoms. The van der Waals surface area contributed by atoms with Gasteiger partial charge in [-0.05, 0) is 46.5 Å². The van der Waals surface area contributed by atoms with E-state index in [-0.39, 0.29) is 17.8 Å². The molecule has 6 nitrogen and oxygen atoms in total. The Morgan fingerprint density at radius 1 is 1.06 bits per heavy atom. The first-order valence-electron chi connectivity index (χ1n) is 11.3. The Morgan fingerprint density at radius 3 is 2.34 bits per heavy atom. The molecule has 2 aromatic heterocycles. The Kier molecular flexibility index (Phi) is 7.20. The van der Waals surface area contributed by atoms with Crippen LogP contribution in [0.15, 0.2) is 29.2 Å². The normalized spacial score (nSPS) is 17.8. The summed E-state index contributed by atoms with van der Waals surface area (Å²) in [5.41, 5.74) is 2.14. The van der Waals surface area contributed by atoms with Crippen molar-refractivity contribution in [1.29, 1.82) is 0 Å². The van der Waals surface area contributed by atoms with Crippen molar-refractivity contribution in [2.75, 3.05) is 31.1 Å². The summed E-state index contributed by atoms with van der Waals surface area (Å²) >= 11 is 1.42. The second-order valence-corrected chi connectivity index (χ2v) is 15.8. The molecule has 1 fully saturated rings. The molecule has 4 rings (SSSR count). The number of rotatable bonds is 8. The number of thiazole rings is 1. The van der Waals surface area contributed by atoms with Gasteiger partial charge in [-0.2, -0.15) is 5.10 Å². The highest BCUT2D eigenvalue weighted by Crippen LogP contribution is 2.38. The molecule has 0 spiro atoms. The van der Waals surface area contributed by atoms with Gasteiger partial charge in [-0.15, -0.1) is 11.3 Å². The van der Waals surface area contributed by atoms with Crippen LogP contribution in [0.3, 0.4) is 0 Å². The molecule has 11 heteroatoms. The van der Waals surface area contributed by atoms with Gasteiger partial charge in [0.1, 0.15) is 6.73 Å². The minimum atomic E-state index is -0.998. The third kappa shape index (κ3) is 5.34. The Hall–Kier alpha value is -1.79. The molecule has 0 N–H and O–H groups in total. The van der Waals surface area contributed by atoms with Crippen LogP contribution in [0, 0.1) is 11.6 Å². The van der Waals surface area contributed by atoms with Crippen LogP contribution in [-0.4, -0.2) is 64.2 Å². The van der Waals surface area contributed by atoms with Crippen LogP contribution in [0.2, 0.25) is 0 Å². The van der Waals surface area contributed by atoms with Gasteiger partial charge in [0.05, 0.1) is 40.9 Å². The molecule has 1 saturated heterocycles. The molecule has 0 amide bonds. The van der Waals surface area contributed by atoms with Crippen molar-refractivity contribution in [2.24, 2.45) is 0 Å². The Bertz CT molecular complexity index is 1180. The van der Waals surface area contributed by atoms with Gasteiger partial charge in [-0.1, -0.05) is 12.1 Å². The summed E-state index contributed by atoms with van der Waals surface area (Å²) in [6, 6.07) is 3.06. The number of halogens is 2. The van der Waals surface area contributed by atoms with Crippen LogP contribution in [0.4, 0.5) is 8.78 Å². The van der Waals surface area contributed by atoms with Gasteiger partial charge in [-0.3, -0.25) is 0 Å². The summed E-state index contributed by atoms with van der Waals surface area (Å²) in [6.07, 6.45) is 8.22. The van der Waals surface area contributed by atoms with E-state index in [4.69, 9.17) is 14.0 Å². The van der Waals surface area contributed by atoms with Gasteiger partial charge in [0.2, 0.25) is 0 Å². The van der Waals surface area contributed by atoms with E-state index in [1.165, 1.54) is 23.6 Å². The van der Waals surface area contributed by atoms with Crippen LogP contribution >= 0.6 is 21.4 Å². The number of aromatic nitrogens is 3. The van der Waals surface area contributed by atoms with Crippen LogP contribution in [0.1, 0.15) is 27.7 Å². The first-order valence-corrected chi connectivity index (χ1v) is 15.3. The van der Waals surface area contributed by atoms with E-state index in [0.29, 0.717) is 23.6 Å². The van der Waals surface area contributed by atoms with E-state index in [1.807, 2.05) is 33.1 Å². The Labute approximate surface area is 211 Å². The van der Waals surface area contributed by atoms with Gasteiger partial charge in [0.15, 0.2) is 11.6 Å². The topological polar surface area (TPSA) is 58.4 Å². The molecule has 0 aliphatic carbocycles. The average Bonchev–Trinajstić information content (AvgIpc) is 3.45. The fourth-order valence-electron chi connectivity index (χ4n) is 3.66. The zero-order valence-corrected chi connectivity index (χ0v) is 22.9. The lowest BCUT2D eigenvalue weighted by molar-refractivity contribution is 0.00578. The lowest BCUT2D eigenvalue weighted by atomic mass is 9.77. The van der Waals surface area contributed by atoms with Crippen LogP contribution in [-0.2, 0) is 20.8 Å². The molecular formula is C24H32BF2N3O3S2. The highest BCUT2D eigenvalue weighted by atomic mass is 32.3. The van der Waals surface area contributed by atoms with E-state index < -0.39 is 40.0 Å². The summed E-state index contributed by atoms with van der Waals surface area (Å²) in [6.45, 7) is 8.27. The van der Waals surface area contributed by atoms with E-state index in [0.717, 1.165) is 5.75 Å². The monoisotopic (exact) mass is 523 g/mol. The van der Waals surface area contributed by atoms with Gasteiger partial charge in [0, 0.05) is 27.7 Å². The molecule has 0 bridgehead atoms. The summed E-state index contributed by atoms with van der Waals surface area (Å²) in [5, 5.41) is 6.27. The van der Waals surface area contributed by atoms with Crippen LogP contribution < -0.4 is 5.46 Å². The Balaban J connectivity index is 1.66. The second kappa shape index (κ2) is 9.59. The molecule has 0 atom stereocenters.